The summed E-state index contributed by atoms with van der Waals surface area (Å²) in [7, 11) is 3.37. The third-order valence-corrected chi connectivity index (χ3v) is 5.00. The largest absolute Gasteiger partial charge is 0.294 e. The van der Waals surface area contributed by atoms with Gasteiger partial charge in [-0.1, -0.05) is 12.1 Å². The van der Waals surface area contributed by atoms with E-state index < -0.39 is 11.6 Å². The number of fused-ring (bicyclic) bond motifs is 1. The molecule has 0 spiro atoms. The van der Waals surface area contributed by atoms with Crippen LogP contribution in [0, 0.1) is 18.6 Å². The van der Waals surface area contributed by atoms with E-state index in [1.54, 1.807) is 37.8 Å². The molecule has 0 fully saturated rings. The van der Waals surface area contributed by atoms with Gasteiger partial charge in [0, 0.05) is 43.0 Å². The summed E-state index contributed by atoms with van der Waals surface area (Å²) in [6.07, 6.45) is 4.55. The molecule has 0 N–H and O–H groups in total. The Balaban J connectivity index is 1.76. The molecule has 0 saturated heterocycles. The van der Waals surface area contributed by atoms with Crippen LogP contribution < -0.4 is 5.56 Å². The van der Waals surface area contributed by atoms with Crippen molar-refractivity contribution in [2.24, 2.45) is 12.0 Å². The molecule has 0 aliphatic rings. The Morgan fingerprint density at radius 2 is 1.93 bits per heavy atom. The van der Waals surface area contributed by atoms with Crippen LogP contribution in [0.2, 0.25) is 0 Å². The van der Waals surface area contributed by atoms with Crippen molar-refractivity contribution >= 4 is 17.1 Å². The van der Waals surface area contributed by atoms with Gasteiger partial charge in [-0.15, -0.1) is 0 Å². The van der Waals surface area contributed by atoms with Gasteiger partial charge in [0.05, 0.1) is 24.1 Å². The zero-order valence-electron chi connectivity index (χ0n) is 16.7. The highest BCUT2D eigenvalue weighted by molar-refractivity contribution is 5.94. The van der Waals surface area contributed by atoms with Crippen LogP contribution in [-0.4, -0.2) is 32.6 Å². The Kier molecular flexibility index (Phi) is 4.99. The van der Waals surface area contributed by atoms with Gasteiger partial charge < -0.3 is 0 Å². The number of aryl methyl sites for hydroxylation is 1. The van der Waals surface area contributed by atoms with E-state index in [9.17, 15) is 13.6 Å². The number of benzene rings is 2. The van der Waals surface area contributed by atoms with Gasteiger partial charge in [-0.3, -0.25) is 19.0 Å². The van der Waals surface area contributed by atoms with Gasteiger partial charge in [0.2, 0.25) is 0 Å². The van der Waals surface area contributed by atoms with Crippen LogP contribution >= 0.6 is 0 Å². The predicted octanol–water partition coefficient (Wildman–Crippen LogP) is 3.48. The van der Waals surface area contributed by atoms with Crippen molar-refractivity contribution < 1.29 is 8.78 Å². The zero-order valence-corrected chi connectivity index (χ0v) is 16.7. The van der Waals surface area contributed by atoms with E-state index in [1.807, 2.05) is 12.3 Å². The lowest BCUT2D eigenvalue weighted by molar-refractivity contribution is 0.540. The molecule has 0 saturated carbocycles. The van der Waals surface area contributed by atoms with Gasteiger partial charge in [-0.05, 0) is 36.2 Å². The van der Waals surface area contributed by atoms with E-state index in [2.05, 4.69) is 15.1 Å². The smallest absolute Gasteiger partial charge is 0.257 e. The summed E-state index contributed by atoms with van der Waals surface area (Å²) in [4.78, 5) is 20.5. The summed E-state index contributed by atoms with van der Waals surface area (Å²) >= 11 is 0. The first-order valence-corrected chi connectivity index (χ1v) is 9.28. The quantitative estimate of drug-likeness (QED) is 0.487. The lowest BCUT2D eigenvalue weighted by Crippen LogP contribution is -2.25. The van der Waals surface area contributed by atoms with Crippen LogP contribution in [0.5, 0.6) is 0 Å². The van der Waals surface area contributed by atoms with E-state index in [1.165, 1.54) is 29.2 Å². The predicted molar refractivity (Wildman–Crippen MR) is 112 cm³/mol. The maximum atomic E-state index is 14.9. The molecular weight excluding hydrogens is 388 g/mol. The fourth-order valence-electron chi connectivity index (χ4n) is 3.46. The minimum absolute atomic E-state index is 0.197. The highest BCUT2D eigenvalue weighted by Crippen LogP contribution is 2.30. The molecule has 2 heterocycles. The standard InChI is InChI=1S/C22H19F2N5O/c1-13-21(9-25-2)26-12-29(22(13)30)11-17-18(23)7-14(8-19(17)24)15-5-4-6-20-16(15)10-28(3)27-20/h4-10,12H,11H2,1-3H3. The highest BCUT2D eigenvalue weighted by atomic mass is 19.1. The van der Waals surface area contributed by atoms with Crippen molar-refractivity contribution in [2.45, 2.75) is 13.5 Å². The average molecular weight is 407 g/mol. The Labute approximate surface area is 171 Å². The monoisotopic (exact) mass is 407 g/mol. The molecule has 8 heteroatoms. The summed E-state index contributed by atoms with van der Waals surface area (Å²) < 4.78 is 32.6. The van der Waals surface area contributed by atoms with Crippen LogP contribution in [0.3, 0.4) is 0 Å². The van der Waals surface area contributed by atoms with Crippen LogP contribution in [0.4, 0.5) is 8.78 Å². The van der Waals surface area contributed by atoms with E-state index in [0.29, 0.717) is 22.4 Å². The molecule has 0 aliphatic carbocycles. The van der Waals surface area contributed by atoms with Crippen LogP contribution in [0.25, 0.3) is 22.0 Å². The van der Waals surface area contributed by atoms with Crippen molar-refractivity contribution in [1.29, 1.82) is 0 Å². The highest BCUT2D eigenvalue weighted by Gasteiger charge is 2.16. The number of aliphatic imine (C=N–C) groups is 1. The summed E-state index contributed by atoms with van der Waals surface area (Å²) in [5, 5.41) is 5.13. The van der Waals surface area contributed by atoms with Crippen molar-refractivity contribution in [2.75, 3.05) is 7.05 Å². The number of hydrogen-bond donors (Lipinski definition) is 0. The SMILES string of the molecule is CN=Cc1ncn(Cc2c(F)cc(-c3cccc4nn(C)cc34)cc2F)c(=O)c1C. The van der Waals surface area contributed by atoms with Gasteiger partial charge in [0.1, 0.15) is 11.6 Å². The Morgan fingerprint density at radius 1 is 1.20 bits per heavy atom. The fourth-order valence-corrected chi connectivity index (χ4v) is 3.46. The molecule has 0 bridgehead atoms. The molecule has 2 aromatic carbocycles. The first-order chi connectivity index (χ1) is 14.4. The Morgan fingerprint density at radius 3 is 2.63 bits per heavy atom. The van der Waals surface area contributed by atoms with Gasteiger partial charge in [0.25, 0.3) is 5.56 Å². The van der Waals surface area contributed by atoms with Gasteiger partial charge in [-0.25, -0.2) is 13.8 Å². The first kappa shape index (κ1) is 19.6. The van der Waals surface area contributed by atoms with E-state index in [0.717, 1.165) is 10.9 Å². The summed E-state index contributed by atoms with van der Waals surface area (Å²) in [5.41, 5.74) is 2.05. The van der Waals surface area contributed by atoms with Crippen molar-refractivity contribution in [3.63, 3.8) is 0 Å². The molecule has 30 heavy (non-hydrogen) atoms. The third-order valence-electron chi connectivity index (χ3n) is 5.00. The van der Waals surface area contributed by atoms with E-state index in [-0.39, 0.29) is 17.7 Å². The van der Waals surface area contributed by atoms with Crippen molar-refractivity contribution in [3.8, 4) is 11.1 Å². The topological polar surface area (TPSA) is 65.1 Å². The summed E-state index contributed by atoms with van der Waals surface area (Å²) in [6, 6.07) is 8.00. The number of rotatable bonds is 4. The fraction of sp³-hybridized carbons (Fsp3) is 0.182. The molecule has 4 rings (SSSR count). The maximum absolute atomic E-state index is 14.9. The van der Waals surface area contributed by atoms with Gasteiger partial charge in [-0.2, -0.15) is 5.10 Å². The zero-order chi connectivity index (χ0) is 21.4. The summed E-state index contributed by atoms with van der Waals surface area (Å²) in [6.45, 7) is 1.35. The number of halogens is 2. The lowest BCUT2D eigenvalue weighted by atomic mass is 10.00. The lowest BCUT2D eigenvalue weighted by Gasteiger charge is -2.12. The van der Waals surface area contributed by atoms with Gasteiger partial charge in [0.15, 0.2) is 0 Å². The Hall–Kier alpha value is -3.68. The Bertz CT molecular complexity index is 1330. The number of hydrogen-bond acceptors (Lipinski definition) is 4. The molecule has 4 aromatic rings. The summed E-state index contributed by atoms with van der Waals surface area (Å²) in [5.74, 6) is -1.45. The van der Waals surface area contributed by atoms with Crippen LogP contribution in [0.15, 0.2) is 52.6 Å². The minimum atomic E-state index is -0.727. The maximum Gasteiger partial charge on any atom is 0.257 e. The molecular formula is C22H19F2N5O. The molecule has 0 radical (unpaired) electrons. The normalized spacial score (nSPS) is 11.6. The number of aromatic nitrogens is 4. The number of nitrogens with zero attached hydrogens (tertiary/aromatic N) is 5. The molecule has 0 amide bonds. The third kappa shape index (κ3) is 3.41. The average Bonchev–Trinajstić information content (AvgIpc) is 3.10. The first-order valence-electron chi connectivity index (χ1n) is 9.28. The molecule has 0 aliphatic heterocycles. The second-order valence-corrected chi connectivity index (χ2v) is 7.03. The molecule has 0 unspecified atom stereocenters. The minimum Gasteiger partial charge on any atom is -0.294 e. The van der Waals surface area contributed by atoms with Gasteiger partial charge >= 0.3 is 0 Å². The van der Waals surface area contributed by atoms with Crippen LogP contribution in [0.1, 0.15) is 16.8 Å². The van der Waals surface area contributed by atoms with E-state index >= 15 is 0 Å². The molecule has 152 valence electrons. The molecule has 6 nitrogen and oxygen atoms in total. The second-order valence-electron chi connectivity index (χ2n) is 7.03. The van der Waals surface area contributed by atoms with Crippen molar-refractivity contribution in [1.82, 2.24) is 19.3 Å². The molecule has 2 aromatic heterocycles. The molecule has 0 atom stereocenters. The van der Waals surface area contributed by atoms with E-state index in [4.69, 9.17) is 0 Å². The van der Waals surface area contributed by atoms with Crippen molar-refractivity contribution in [3.05, 3.63) is 81.7 Å². The van der Waals surface area contributed by atoms with Crippen LogP contribution in [-0.2, 0) is 13.6 Å². The second kappa shape index (κ2) is 7.62.